The molecule has 25 heavy (non-hydrogen) atoms. The van der Waals surface area contributed by atoms with Crippen LogP contribution in [0.15, 0.2) is 24.3 Å². The van der Waals surface area contributed by atoms with E-state index in [1.165, 1.54) is 56.4 Å². The summed E-state index contributed by atoms with van der Waals surface area (Å²) in [6.45, 7) is 6.42. The number of non-ortho nitro benzene ring substituents is 1. The van der Waals surface area contributed by atoms with E-state index in [0.717, 1.165) is 6.42 Å². The van der Waals surface area contributed by atoms with E-state index in [2.05, 4.69) is 6.92 Å². The molecule has 0 bridgehead atoms. The first-order valence-corrected chi connectivity index (χ1v) is 9.21. The highest BCUT2D eigenvalue weighted by molar-refractivity contribution is 5.89. The Kier molecular flexibility index (Phi) is 4.60. The van der Waals surface area contributed by atoms with Crippen molar-refractivity contribution in [3.63, 3.8) is 0 Å². The molecular weight excluding hydrogens is 318 g/mol. The average Bonchev–Trinajstić information content (AvgIpc) is 2.92. The molecule has 2 aliphatic rings. The summed E-state index contributed by atoms with van der Waals surface area (Å²) in [4.78, 5) is 22.8. The Morgan fingerprint density at radius 2 is 1.88 bits per heavy atom. The van der Waals surface area contributed by atoms with Gasteiger partial charge in [-0.1, -0.05) is 19.8 Å². The maximum Gasteiger partial charge on any atom is 0.338 e. The molecule has 2 aliphatic carbocycles. The Labute approximate surface area is 148 Å². The summed E-state index contributed by atoms with van der Waals surface area (Å²) in [6, 6.07) is 5.63. The number of nitro groups is 1. The van der Waals surface area contributed by atoms with Gasteiger partial charge in [0.05, 0.1) is 10.5 Å². The zero-order chi connectivity index (χ0) is 18.2. The van der Waals surface area contributed by atoms with Crippen molar-refractivity contribution in [2.75, 3.05) is 0 Å². The smallest absolute Gasteiger partial charge is 0.338 e. The minimum Gasteiger partial charge on any atom is -0.456 e. The highest BCUT2D eigenvalue weighted by atomic mass is 16.6. The van der Waals surface area contributed by atoms with Crippen LogP contribution in [0.4, 0.5) is 5.69 Å². The van der Waals surface area contributed by atoms with Crippen LogP contribution in [0, 0.1) is 27.4 Å². The summed E-state index contributed by atoms with van der Waals surface area (Å²) in [5.41, 5.74) is 0.200. The monoisotopic (exact) mass is 345 g/mol. The van der Waals surface area contributed by atoms with Gasteiger partial charge >= 0.3 is 5.97 Å². The topological polar surface area (TPSA) is 69.4 Å². The quantitative estimate of drug-likeness (QED) is 0.430. The Bertz CT molecular complexity index is 667. The standard InChI is InChI=1S/C20H27NO4/c1-19(2,16-11-13-20(3)12-5-4-6-17(16)20)25-18(22)14-7-9-15(10-8-14)21(23)24/h7-10,16-17H,4-6,11-13H2,1-3H3/t16-,17+,20-/m1/s1. The SMILES string of the molecule is CC(C)(OC(=O)c1ccc([N+](=O)[O-])cc1)[C@@H]1CC[C@@]2(C)CCCC[C@@H]12. The van der Waals surface area contributed by atoms with Gasteiger partial charge in [0.2, 0.25) is 0 Å². The van der Waals surface area contributed by atoms with Crippen molar-refractivity contribution in [2.24, 2.45) is 17.3 Å². The van der Waals surface area contributed by atoms with Crippen LogP contribution in [0.5, 0.6) is 0 Å². The van der Waals surface area contributed by atoms with Crippen LogP contribution in [-0.2, 0) is 4.74 Å². The number of carbonyl (C=O) groups is 1. The van der Waals surface area contributed by atoms with E-state index in [-0.39, 0.29) is 5.69 Å². The van der Waals surface area contributed by atoms with Crippen LogP contribution in [0.2, 0.25) is 0 Å². The second kappa shape index (κ2) is 6.43. The first-order valence-electron chi connectivity index (χ1n) is 9.21. The molecule has 3 rings (SSSR count). The maximum atomic E-state index is 12.5. The molecule has 0 amide bonds. The van der Waals surface area contributed by atoms with Crippen molar-refractivity contribution in [3.8, 4) is 0 Å². The lowest BCUT2D eigenvalue weighted by molar-refractivity contribution is -0.384. The summed E-state index contributed by atoms with van der Waals surface area (Å²) in [7, 11) is 0. The third-order valence-electron chi connectivity index (χ3n) is 6.48. The Morgan fingerprint density at radius 1 is 1.20 bits per heavy atom. The van der Waals surface area contributed by atoms with Crippen LogP contribution >= 0.6 is 0 Å². The van der Waals surface area contributed by atoms with Gasteiger partial charge in [-0.25, -0.2) is 4.79 Å². The molecule has 3 atom stereocenters. The van der Waals surface area contributed by atoms with Crippen molar-refractivity contribution >= 4 is 11.7 Å². The number of rotatable bonds is 4. The number of fused-ring (bicyclic) bond motifs is 1. The number of hydrogen-bond acceptors (Lipinski definition) is 4. The van der Waals surface area contributed by atoms with Crippen LogP contribution in [0.25, 0.3) is 0 Å². The normalized spacial score (nSPS) is 29.1. The fourth-order valence-electron chi connectivity index (χ4n) is 5.04. The Morgan fingerprint density at radius 3 is 2.52 bits per heavy atom. The highest BCUT2D eigenvalue weighted by Gasteiger charge is 2.52. The number of nitrogens with zero attached hydrogens (tertiary/aromatic N) is 1. The molecule has 5 nitrogen and oxygen atoms in total. The fraction of sp³-hybridized carbons (Fsp3) is 0.650. The van der Waals surface area contributed by atoms with E-state index in [1.807, 2.05) is 13.8 Å². The summed E-state index contributed by atoms with van der Waals surface area (Å²) in [6.07, 6.45) is 7.38. The van der Waals surface area contributed by atoms with Gasteiger partial charge in [-0.3, -0.25) is 10.1 Å². The maximum absolute atomic E-state index is 12.5. The average molecular weight is 345 g/mol. The lowest BCUT2D eigenvalue weighted by Crippen LogP contribution is -2.42. The largest absolute Gasteiger partial charge is 0.456 e. The molecule has 0 heterocycles. The summed E-state index contributed by atoms with van der Waals surface area (Å²) < 4.78 is 5.89. The zero-order valence-corrected chi connectivity index (χ0v) is 15.3. The number of hydrogen-bond donors (Lipinski definition) is 0. The lowest BCUT2D eigenvalue weighted by Gasteiger charge is -2.43. The molecule has 1 aromatic rings. The van der Waals surface area contributed by atoms with E-state index < -0.39 is 16.5 Å². The lowest BCUT2D eigenvalue weighted by atomic mass is 9.65. The molecule has 2 fully saturated rings. The number of benzene rings is 1. The second-order valence-electron chi connectivity index (χ2n) is 8.45. The third kappa shape index (κ3) is 3.42. The van der Waals surface area contributed by atoms with E-state index in [4.69, 9.17) is 4.74 Å². The molecule has 0 aliphatic heterocycles. The van der Waals surface area contributed by atoms with Gasteiger partial charge in [0.15, 0.2) is 0 Å². The van der Waals surface area contributed by atoms with Gasteiger partial charge in [0.1, 0.15) is 5.60 Å². The van der Waals surface area contributed by atoms with E-state index >= 15 is 0 Å². The van der Waals surface area contributed by atoms with Crippen molar-refractivity contribution in [1.82, 2.24) is 0 Å². The Balaban J connectivity index is 1.72. The van der Waals surface area contributed by atoms with Gasteiger partial charge in [0.25, 0.3) is 5.69 Å². The molecule has 0 radical (unpaired) electrons. The van der Waals surface area contributed by atoms with Gasteiger partial charge in [-0.15, -0.1) is 0 Å². The number of carbonyl (C=O) groups excluding carboxylic acids is 1. The van der Waals surface area contributed by atoms with E-state index in [1.54, 1.807) is 0 Å². The van der Waals surface area contributed by atoms with Gasteiger partial charge in [-0.05, 0) is 63.0 Å². The number of ether oxygens (including phenoxy) is 1. The third-order valence-corrected chi connectivity index (χ3v) is 6.48. The molecule has 0 saturated heterocycles. The van der Waals surface area contributed by atoms with Crippen LogP contribution in [0.1, 0.15) is 69.7 Å². The molecule has 5 heteroatoms. The fourth-order valence-corrected chi connectivity index (χ4v) is 5.04. The minimum absolute atomic E-state index is 0.0235. The molecule has 0 N–H and O–H groups in total. The summed E-state index contributed by atoms with van der Waals surface area (Å²) in [5.74, 6) is 0.588. The molecule has 0 aromatic heterocycles. The number of esters is 1. The van der Waals surface area contributed by atoms with Crippen molar-refractivity contribution < 1.29 is 14.5 Å². The van der Waals surface area contributed by atoms with E-state index in [0.29, 0.717) is 22.8 Å². The molecule has 1 aromatic carbocycles. The van der Waals surface area contributed by atoms with Gasteiger partial charge in [0, 0.05) is 18.1 Å². The van der Waals surface area contributed by atoms with E-state index in [9.17, 15) is 14.9 Å². The number of nitro benzene ring substituents is 1. The first kappa shape index (κ1) is 17.9. The first-order chi connectivity index (χ1) is 11.7. The van der Waals surface area contributed by atoms with Gasteiger partial charge in [-0.2, -0.15) is 0 Å². The van der Waals surface area contributed by atoms with Crippen molar-refractivity contribution in [1.29, 1.82) is 0 Å². The Hall–Kier alpha value is -1.91. The van der Waals surface area contributed by atoms with Crippen molar-refractivity contribution in [2.45, 2.75) is 64.9 Å². The van der Waals surface area contributed by atoms with Crippen LogP contribution in [-0.4, -0.2) is 16.5 Å². The van der Waals surface area contributed by atoms with Crippen molar-refractivity contribution in [3.05, 3.63) is 39.9 Å². The predicted molar refractivity (Wildman–Crippen MR) is 95.4 cm³/mol. The molecule has 2 saturated carbocycles. The minimum atomic E-state index is -0.529. The predicted octanol–water partition coefficient (Wildman–Crippen LogP) is 5.14. The van der Waals surface area contributed by atoms with Gasteiger partial charge < -0.3 is 4.74 Å². The molecular formula is C20H27NO4. The van der Waals surface area contributed by atoms with Crippen LogP contribution < -0.4 is 0 Å². The summed E-state index contributed by atoms with van der Waals surface area (Å²) in [5, 5.41) is 10.7. The highest BCUT2D eigenvalue weighted by Crippen LogP contribution is 2.57. The zero-order valence-electron chi connectivity index (χ0n) is 15.3. The second-order valence-corrected chi connectivity index (χ2v) is 8.45. The van der Waals surface area contributed by atoms with Crippen LogP contribution in [0.3, 0.4) is 0 Å². The molecule has 0 unspecified atom stereocenters. The summed E-state index contributed by atoms with van der Waals surface area (Å²) >= 11 is 0. The molecule has 136 valence electrons. The molecule has 0 spiro atoms.